The van der Waals surface area contributed by atoms with Gasteiger partial charge in [-0.1, -0.05) is 13.0 Å². The smallest absolute Gasteiger partial charge is 0.129 e. The van der Waals surface area contributed by atoms with Crippen molar-refractivity contribution in [3.8, 4) is 0 Å². The van der Waals surface area contributed by atoms with Crippen molar-refractivity contribution in [2.45, 2.75) is 38.8 Å². The maximum absolute atomic E-state index is 13.7. The minimum Gasteiger partial charge on any atom is -0.378 e. The average Bonchev–Trinajstić information content (AvgIpc) is 2.79. The van der Waals surface area contributed by atoms with Crippen LogP contribution in [0.1, 0.15) is 25.8 Å². The largest absolute Gasteiger partial charge is 0.378 e. The Labute approximate surface area is 113 Å². The molecule has 3 atom stereocenters. The normalized spacial score (nSPS) is 24.6. The van der Waals surface area contributed by atoms with Gasteiger partial charge in [0.25, 0.3) is 0 Å². The van der Waals surface area contributed by atoms with Gasteiger partial charge in [0.05, 0.1) is 6.10 Å². The lowest BCUT2D eigenvalue weighted by atomic mass is 9.88. The van der Waals surface area contributed by atoms with Crippen molar-refractivity contribution in [3.63, 3.8) is 0 Å². The van der Waals surface area contributed by atoms with Crippen molar-refractivity contribution >= 4 is 0 Å². The molecule has 1 aliphatic rings. The SMILES string of the molecule is CCNC(Cc1c(F)cccc1F)C1CCOC1C. The summed E-state index contributed by atoms with van der Waals surface area (Å²) in [5, 5.41) is 3.34. The summed E-state index contributed by atoms with van der Waals surface area (Å²) in [6.45, 7) is 5.54. The van der Waals surface area contributed by atoms with E-state index in [0.29, 0.717) is 12.3 Å². The Morgan fingerprint density at radius 2 is 2.05 bits per heavy atom. The van der Waals surface area contributed by atoms with Crippen molar-refractivity contribution in [2.24, 2.45) is 5.92 Å². The van der Waals surface area contributed by atoms with Crippen molar-refractivity contribution < 1.29 is 13.5 Å². The molecule has 3 unspecified atom stereocenters. The van der Waals surface area contributed by atoms with Gasteiger partial charge < -0.3 is 10.1 Å². The van der Waals surface area contributed by atoms with Crippen LogP contribution in [0, 0.1) is 17.6 Å². The lowest BCUT2D eigenvalue weighted by Gasteiger charge is -2.27. The number of benzene rings is 1. The second-order valence-corrected chi connectivity index (χ2v) is 5.10. The van der Waals surface area contributed by atoms with Crippen LogP contribution in [0.3, 0.4) is 0 Å². The van der Waals surface area contributed by atoms with E-state index in [9.17, 15) is 8.78 Å². The standard InChI is InChI=1S/C15H21F2NO/c1-3-18-15(11-7-8-19-10(11)2)9-12-13(16)5-4-6-14(12)17/h4-6,10-11,15,18H,3,7-9H2,1-2H3. The Bertz CT molecular complexity index is 404. The summed E-state index contributed by atoms with van der Waals surface area (Å²) >= 11 is 0. The highest BCUT2D eigenvalue weighted by Gasteiger charge is 2.32. The van der Waals surface area contributed by atoms with Gasteiger partial charge in [-0.2, -0.15) is 0 Å². The maximum Gasteiger partial charge on any atom is 0.129 e. The number of ether oxygens (including phenoxy) is 1. The topological polar surface area (TPSA) is 21.3 Å². The molecule has 1 heterocycles. The molecule has 0 aromatic heterocycles. The second kappa shape index (κ2) is 6.44. The van der Waals surface area contributed by atoms with Crippen LogP contribution in [-0.4, -0.2) is 25.3 Å². The van der Waals surface area contributed by atoms with Crippen molar-refractivity contribution in [3.05, 3.63) is 35.4 Å². The van der Waals surface area contributed by atoms with Crippen molar-refractivity contribution in [2.75, 3.05) is 13.2 Å². The van der Waals surface area contributed by atoms with E-state index in [1.54, 1.807) is 0 Å². The molecule has 1 aromatic carbocycles. The Balaban J connectivity index is 2.16. The Kier molecular flexibility index (Phi) is 4.88. The number of hydrogen-bond donors (Lipinski definition) is 1. The predicted molar refractivity (Wildman–Crippen MR) is 71.0 cm³/mol. The van der Waals surface area contributed by atoms with E-state index in [0.717, 1.165) is 19.6 Å². The van der Waals surface area contributed by atoms with Gasteiger partial charge in [-0.25, -0.2) is 8.78 Å². The highest BCUT2D eigenvalue weighted by atomic mass is 19.1. The summed E-state index contributed by atoms with van der Waals surface area (Å²) in [5.41, 5.74) is 0.174. The fraction of sp³-hybridized carbons (Fsp3) is 0.600. The first-order valence-corrected chi connectivity index (χ1v) is 6.91. The van der Waals surface area contributed by atoms with Crippen LogP contribution >= 0.6 is 0 Å². The van der Waals surface area contributed by atoms with Crippen LogP contribution in [-0.2, 0) is 11.2 Å². The van der Waals surface area contributed by atoms with Gasteiger partial charge in [-0.15, -0.1) is 0 Å². The van der Waals surface area contributed by atoms with Crippen LogP contribution in [0.4, 0.5) is 8.78 Å². The lowest BCUT2D eigenvalue weighted by molar-refractivity contribution is 0.0953. The average molecular weight is 269 g/mol. The third-order valence-electron chi connectivity index (χ3n) is 3.90. The highest BCUT2D eigenvalue weighted by molar-refractivity contribution is 5.21. The lowest BCUT2D eigenvalue weighted by Crippen LogP contribution is -2.41. The molecule has 1 fully saturated rings. The fourth-order valence-corrected chi connectivity index (χ4v) is 2.86. The molecule has 1 N–H and O–H groups in total. The number of hydrogen-bond acceptors (Lipinski definition) is 2. The molecule has 0 spiro atoms. The van der Waals surface area contributed by atoms with E-state index in [4.69, 9.17) is 4.74 Å². The molecular weight excluding hydrogens is 248 g/mol. The zero-order valence-electron chi connectivity index (χ0n) is 11.5. The molecule has 0 radical (unpaired) electrons. The highest BCUT2D eigenvalue weighted by Crippen LogP contribution is 2.27. The van der Waals surface area contributed by atoms with Crippen molar-refractivity contribution in [1.82, 2.24) is 5.32 Å². The number of likely N-dealkylation sites (N-methyl/N-ethyl adjacent to an activating group) is 1. The molecule has 2 nitrogen and oxygen atoms in total. The molecule has 4 heteroatoms. The first-order valence-electron chi connectivity index (χ1n) is 6.91. The summed E-state index contributed by atoms with van der Waals surface area (Å²) in [6, 6.07) is 4.08. The number of halogens is 2. The molecule has 1 aliphatic heterocycles. The zero-order valence-corrected chi connectivity index (χ0v) is 11.5. The molecule has 0 amide bonds. The number of nitrogens with one attached hydrogen (secondary N) is 1. The van der Waals surface area contributed by atoms with Gasteiger partial charge >= 0.3 is 0 Å². The van der Waals surface area contributed by atoms with E-state index in [1.165, 1.54) is 18.2 Å². The van der Waals surface area contributed by atoms with E-state index < -0.39 is 11.6 Å². The predicted octanol–water partition coefficient (Wildman–Crippen LogP) is 2.91. The summed E-state index contributed by atoms with van der Waals surface area (Å²) < 4.78 is 33.0. The van der Waals surface area contributed by atoms with E-state index in [-0.39, 0.29) is 17.7 Å². The monoisotopic (exact) mass is 269 g/mol. The minimum absolute atomic E-state index is 0.0499. The molecule has 0 bridgehead atoms. The molecule has 19 heavy (non-hydrogen) atoms. The quantitative estimate of drug-likeness (QED) is 0.887. The van der Waals surface area contributed by atoms with Crippen LogP contribution in [0.5, 0.6) is 0 Å². The molecule has 1 saturated heterocycles. The minimum atomic E-state index is -0.463. The molecular formula is C15H21F2NO. The van der Waals surface area contributed by atoms with Crippen LogP contribution in [0.25, 0.3) is 0 Å². The Morgan fingerprint density at radius 3 is 2.58 bits per heavy atom. The second-order valence-electron chi connectivity index (χ2n) is 5.10. The van der Waals surface area contributed by atoms with E-state index >= 15 is 0 Å². The Hall–Kier alpha value is -1.00. The van der Waals surface area contributed by atoms with Gasteiger partial charge in [-0.3, -0.25) is 0 Å². The maximum atomic E-state index is 13.7. The molecule has 2 rings (SSSR count). The molecule has 106 valence electrons. The Morgan fingerprint density at radius 1 is 1.37 bits per heavy atom. The van der Waals surface area contributed by atoms with Gasteiger partial charge in [0.1, 0.15) is 11.6 Å². The van der Waals surface area contributed by atoms with Gasteiger partial charge in [0, 0.05) is 24.1 Å². The van der Waals surface area contributed by atoms with Crippen LogP contribution in [0.2, 0.25) is 0 Å². The first kappa shape index (κ1) is 14.4. The number of rotatable bonds is 5. The summed E-state index contributed by atoms with van der Waals surface area (Å²) in [4.78, 5) is 0. The van der Waals surface area contributed by atoms with Crippen LogP contribution in [0.15, 0.2) is 18.2 Å². The summed E-state index contributed by atoms with van der Waals surface area (Å²) in [7, 11) is 0. The van der Waals surface area contributed by atoms with E-state index in [1.807, 2.05) is 13.8 Å². The summed E-state index contributed by atoms with van der Waals surface area (Å²) in [6.07, 6.45) is 1.44. The fourth-order valence-electron chi connectivity index (χ4n) is 2.86. The van der Waals surface area contributed by atoms with Gasteiger partial charge in [-0.05, 0) is 38.4 Å². The molecule has 0 aliphatic carbocycles. The molecule has 0 saturated carbocycles. The third kappa shape index (κ3) is 3.31. The molecule has 1 aromatic rings. The first-order chi connectivity index (χ1) is 9.13. The van der Waals surface area contributed by atoms with Crippen LogP contribution < -0.4 is 5.32 Å². The summed E-state index contributed by atoms with van der Waals surface area (Å²) in [5.74, 6) is -0.622. The zero-order chi connectivity index (χ0) is 13.8. The van der Waals surface area contributed by atoms with Gasteiger partial charge in [0.15, 0.2) is 0 Å². The van der Waals surface area contributed by atoms with Crippen molar-refractivity contribution in [1.29, 1.82) is 0 Å². The van der Waals surface area contributed by atoms with Gasteiger partial charge in [0.2, 0.25) is 0 Å². The third-order valence-corrected chi connectivity index (χ3v) is 3.90. The van der Waals surface area contributed by atoms with E-state index in [2.05, 4.69) is 5.32 Å².